The average Bonchev–Trinajstić information content (AvgIpc) is 3.20. The fourth-order valence-electron chi connectivity index (χ4n) is 2.55. The third-order valence-electron chi connectivity index (χ3n) is 4.06. The minimum absolute atomic E-state index is 0. The molecule has 1 saturated heterocycles. The second-order valence-electron chi connectivity index (χ2n) is 8.19. The molecule has 4 heteroatoms. The maximum atomic E-state index is 5.84. The second kappa shape index (κ2) is 8.33. The second-order valence-corrected chi connectivity index (χ2v) is 13.2. The van der Waals surface area contributed by atoms with Crippen molar-refractivity contribution in [2.45, 2.75) is 46.5 Å². The number of hydrogen-bond donors (Lipinski definition) is 0. The van der Waals surface area contributed by atoms with Gasteiger partial charge in [0, 0.05) is 5.88 Å². The van der Waals surface area contributed by atoms with E-state index >= 15 is 0 Å². The fourth-order valence-corrected chi connectivity index (χ4v) is 4.14. The molecule has 0 unspecified atom stereocenters. The first kappa shape index (κ1) is 21.0. The topological polar surface area (TPSA) is 23.3 Å². The van der Waals surface area contributed by atoms with E-state index in [0.717, 1.165) is 12.5 Å². The largest absolute Gasteiger partial charge is 2.00 e. The van der Waals surface area contributed by atoms with Crippen LogP contribution in [0.3, 0.4) is 0 Å². The molecule has 0 N–H and O–H groups in total. The van der Waals surface area contributed by atoms with Crippen LogP contribution in [-0.4, -0.2) is 20.7 Å². The molecule has 3 rings (SSSR count). The molecule has 1 fully saturated rings. The molecule has 132 valence electrons. The third-order valence-corrected chi connectivity index (χ3v) is 6.11. The van der Waals surface area contributed by atoms with E-state index in [1.165, 1.54) is 10.8 Å². The Hall–Kier alpha value is -1.09. The Balaban J connectivity index is 0.000000412. The summed E-state index contributed by atoms with van der Waals surface area (Å²) in [6.45, 7) is 14.5. The normalized spacial score (nSPS) is 22.8. The summed E-state index contributed by atoms with van der Waals surface area (Å²) in [5.74, 6) is 0.859. The van der Waals surface area contributed by atoms with Crippen molar-refractivity contribution in [3.63, 3.8) is 0 Å². The van der Waals surface area contributed by atoms with E-state index in [0.29, 0.717) is 0 Å². The van der Waals surface area contributed by atoms with Crippen molar-refractivity contribution in [1.29, 1.82) is 0 Å². The molecule has 1 atom stereocenters. The van der Waals surface area contributed by atoms with Crippen LogP contribution < -0.4 is 0 Å². The van der Waals surface area contributed by atoms with Crippen molar-refractivity contribution < 1.29 is 21.8 Å². The van der Waals surface area contributed by atoms with Gasteiger partial charge in [0.1, 0.15) is 0 Å². The van der Waals surface area contributed by atoms with Gasteiger partial charge in [-0.25, -0.2) is 12.1 Å². The average molecular weight is 383 g/mol. The Bertz CT molecular complexity index is 583. The van der Waals surface area contributed by atoms with Gasteiger partial charge >= 0.3 is 17.1 Å². The van der Waals surface area contributed by atoms with E-state index in [9.17, 15) is 0 Å². The molecule has 2 aliphatic rings. The fraction of sp³-hybridized carbons (Fsp3) is 0.450. The zero-order valence-corrected chi connectivity index (χ0v) is 17.7. The molecule has 0 saturated carbocycles. The van der Waals surface area contributed by atoms with Crippen LogP contribution in [-0.2, 0) is 21.8 Å². The van der Waals surface area contributed by atoms with Crippen LogP contribution in [0.15, 0.2) is 65.2 Å². The summed E-state index contributed by atoms with van der Waals surface area (Å²) in [6, 6.07) is 10.3. The van der Waals surface area contributed by atoms with E-state index in [1.807, 2.05) is 30.3 Å². The molecule has 1 aromatic rings. The van der Waals surface area contributed by atoms with Crippen molar-refractivity contribution in [3.05, 3.63) is 70.5 Å². The van der Waals surface area contributed by atoms with E-state index in [-0.39, 0.29) is 28.5 Å². The maximum Gasteiger partial charge on any atom is 2.00 e. The van der Waals surface area contributed by atoms with Gasteiger partial charge in [0.15, 0.2) is 0 Å². The van der Waals surface area contributed by atoms with Gasteiger partial charge in [-0.05, 0) is 11.0 Å². The summed E-state index contributed by atoms with van der Waals surface area (Å²) in [4.78, 5) is 0. The van der Waals surface area contributed by atoms with Crippen molar-refractivity contribution in [2.75, 3.05) is 6.61 Å². The van der Waals surface area contributed by atoms with E-state index in [1.54, 1.807) is 0 Å². The molecule has 0 amide bonds. The Morgan fingerprint density at radius 1 is 1.17 bits per heavy atom. The molecule has 1 aromatic carbocycles. The van der Waals surface area contributed by atoms with Gasteiger partial charge in [-0.3, -0.25) is 0 Å². The molecule has 1 aliphatic carbocycles. The summed E-state index contributed by atoms with van der Waals surface area (Å²) >= 11 is 0. The minimum atomic E-state index is -1.32. The van der Waals surface area contributed by atoms with Gasteiger partial charge in [-0.15, -0.1) is 0 Å². The number of ether oxygens (including phenoxy) is 1. The maximum absolute atomic E-state index is 5.84. The summed E-state index contributed by atoms with van der Waals surface area (Å²) in [7, 11) is -1.32. The summed E-state index contributed by atoms with van der Waals surface area (Å²) < 4.78 is 5.84. The first-order valence-electron chi connectivity index (χ1n) is 8.33. The molecule has 0 radical (unpaired) electrons. The van der Waals surface area contributed by atoms with Gasteiger partial charge in [-0.1, -0.05) is 69.9 Å². The number of allylic oxidation sites excluding steroid dienone is 5. The smallest absolute Gasteiger partial charge is 0.648 e. The standard InChI is InChI=1S/C15H24NOSi.C5H5.Fe/c1-15(2,3)13-10-17-14(16-13)11-8-7-9-12(11)18(4,5)6;1-2-4-5-3-1;/h7-9,13H,10H2,1-6H3;1-5H;/q2*-1;+2/t13-;;/m1../s1. The van der Waals surface area contributed by atoms with Gasteiger partial charge in [-0.2, -0.15) is 18.2 Å². The Kier molecular flexibility index (Phi) is 7.27. The molecule has 2 nitrogen and oxygen atoms in total. The van der Waals surface area contributed by atoms with Crippen LogP contribution in [0.5, 0.6) is 0 Å². The first-order valence-corrected chi connectivity index (χ1v) is 11.8. The summed E-state index contributed by atoms with van der Waals surface area (Å²) in [5, 5.41) is 6.25. The third kappa shape index (κ3) is 5.47. The van der Waals surface area contributed by atoms with Crippen LogP contribution in [0.2, 0.25) is 19.6 Å². The predicted octanol–water partition coefficient (Wildman–Crippen LogP) is 5.79. The van der Waals surface area contributed by atoms with Gasteiger partial charge in [0.25, 0.3) is 0 Å². The van der Waals surface area contributed by atoms with Crippen LogP contribution >= 0.6 is 0 Å². The van der Waals surface area contributed by atoms with Gasteiger partial charge < -0.3 is 10.1 Å². The van der Waals surface area contributed by atoms with Crippen LogP contribution in [0.25, 0.3) is 5.32 Å². The van der Waals surface area contributed by atoms with E-state index in [4.69, 9.17) is 10.1 Å². The van der Waals surface area contributed by atoms with Crippen molar-refractivity contribution in [3.8, 4) is 0 Å². The number of nitrogens with zero attached hydrogens (tertiary/aromatic N) is 1. The molecular formula is C20H29FeNOSi. The molecule has 1 aliphatic heterocycles. The Labute approximate surface area is 158 Å². The van der Waals surface area contributed by atoms with Crippen molar-refractivity contribution >= 4 is 8.07 Å². The van der Waals surface area contributed by atoms with Crippen LogP contribution in [0, 0.1) is 5.41 Å². The monoisotopic (exact) mass is 383 g/mol. The van der Waals surface area contributed by atoms with Crippen molar-refractivity contribution in [1.82, 2.24) is 0 Å². The molecule has 1 heterocycles. The summed E-state index contributed by atoms with van der Waals surface area (Å²) in [5.41, 5.74) is 1.40. The number of hydrogen-bond acceptors (Lipinski definition) is 1. The van der Waals surface area contributed by atoms with Crippen LogP contribution in [0.4, 0.5) is 0 Å². The van der Waals surface area contributed by atoms with Crippen molar-refractivity contribution in [2.24, 2.45) is 5.41 Å². The zero-order chi connectivity index (χ0) is 17.1. The minimum Gasteiger partial charge on any atom is -0.648 e. The molecular weight excluding hydrogens is 354 g/mol. The molecule has 0 spiro atoms. The van der Waals surface area contributed by atoms with Gasteiger partial charge in [0.2, 0.25) is 0 Å². The van der Waals surface area contributed by atoms with E-state index < -0.39 is 8.07 Å². The van der Waals surface area contributed by atoms with Crippen LogP contribution in [0.1, 0.15) is 20.8 Å². The Morgan fingerprint density at radius 2 is 1.79 bits per heavy atom. The quantitative estimate of drug-likeness (QED) is 0.444. The number of rotatable bonds is 1. The van der Waals surface area contributed by atoms with Gasteiger partial charge in [0.05, 0.1) is 14.7 Å². The molecule has 0 aromatic heterocycles. The SMILES string of the molecule is CC(C)(C)[C@H]1COC(=C2C=CC=C2[Si](C)(C)C)[N-]1.[Fe+2].c1cc[cH-]c1. The Morgan fingerprint density at radius 3 is 2.21 bits per heavy atom. The first-order chi connectivity index (χ1) is 10.7. The van der Waals surface area contributed by atoms with E-state index in [2.05, 4.69) is 58.6 Å². The zero-order valence-electron chi connectivity index (χ0n) is 15.6. The summed E-state index contributed by atoms with van der Waals surface area (Å²) in [6.07, 6.45) is 6.51. The molecule has 0 bridgehead atoms. The molecule has 24 heavy (non-hydrogen) atoms. The predicted molar refractivity (Wildman–Crippen MR) is 102 cm³/mol.